The molecule has 0 radical (unpaired) electrons. The fourth-order valence-corrected chi connectivity index (χ4v) is 2.35. The number of hydrogen-bond donors (Lipinski definition) is 2. The number of benzene rings is 1. The van der Waals surface area contributed by atoms with Gasteiger partial charge in [0.2, 0.25) is 5.91 Å². The van der Waals surface area contributed by atoms with Gasteiger partial charge in [-0.15, -0.1) is 0 Å². The summed E-state index contributed by atoms with van der Waals surface area (Å²) in [5, 5.41) is 2.97. The minimum atomic E-state index is -0.371. The summed E-state index contributed by atoms with van der Waals surface area (Å²) in [6.07, 6.45) is 1.24. The molecule has 1 heterocycles. The van der Waals surface area contributed by atoms with E-state index in [0.717, 1.165) is 24.2 Å². The van der Waals surface area contributed by atoms with E-state index in [4.69, 9.17) is 15.2 Å². The first-order chi connectivity index (χ1) is 9.63. The summed E-state index contributed by atoms with van der Waals surface area (Å²) in [5.41, 5.74) is 6.58. The molecule has 1 aliphatic heterocycles. The number of ether oxygens (including phenoxy) is 2. The second kappa shape index (κ2) is 6.72. The summed E-state index contributed by atoms with van der Waals surface area (Å²) in [6.45, 7) is 2.42. The molecule has 0 spiro atoms. The van der Waals surface area contributed by atoms with Crippen molar-refractivity contribution >= 4 is 5.91 Å². The highest BCUT2D eigenvalue weighted by molar-refractivity contribution is 5.81. The van der Waals surface area contributed by atoms with Crippen molar-refractivity contribution in [3.05, 3.63) is 29.8 Å². The van der Waals surface area contributed by atoms with Crippen molar-refractivity contribution < 1.29 is 14.3 Å². The molecule has 2 unspecified atom stereocenters. The summed E-state index contributed by atoms with van der Waals surface area (Å²) in [4.78, 5) is 12.1. The molecule has 1 aromatic rings. The molecular formula is C15H22N2O3. The first-order valence-electron chi connectivity index (χ1n) is 6.94. The number of hydrogen-bond acceptors (Lipinski definition) is 4. The molecule has 5 heteroatoms. The van der Waals surface area contributed by atoms with Crippen LogP contribution in [0.2, 0.25) is 0 Å². The number of amides is 1. The van der Waals surface area contributed by atoms with Gasteiger partial charge in [-0.3, -0.25) is 4.79 Å². The third-order valence-corrected chi connectivity index (χ3v) is 3.64. The number of nitrogens with one attached hydrogen (secondary N) is 1. The van der Waals surface area contributed by atoms with Crippen LogP contribution in [0.25, 0.3) is 0 Å². The molecule has 5 nitrogen and oxygen atoms in total. The molecule has 3 N–H and O–H groups in total. The molecule has 110 valence electrons. The first kappa shape index (κ1) is 14.8. The monoisotopic (exact) mass is 278 g/mol. The van der Waals surface area contributed by atoms with Gasteiger partial charge in [-0.2, -0.15) is 0 Å². The zero-order chi connectivity index (χ0) is 14.5. The van der Waals surface area contributed by atoms with E-state index in [1.807, 2.05) is 31.2 Å². The topological polar surface area (TPSA) is 73.6 Å². The van der Waals surface area contributed by atoms with E-state index >= 15 is 0 Å². The summed E-state index contributed by atoms with van der Waals surface area (Å²) < 4.78 is 10.7. The van der Waals surface area contributed by atoms with E-state index in [1.54, 1.807) is 7.11 Å². The van der Waals surface area contributed by atoms with Crippen LogP contribution >= 0.6 is 0 Å². The Morgan fingerprint density at radius 3 is 2.70 bits per heavy atom. The molecule has 0 bridgehead atoms. The van der Waals surface area contributed by atoms with Gasteiger partial charge in [-0.1, -0.05) is 12.1 Å². The van der Waals surface area contributed by atoms with Gasteiger partial charge >= 0.3 is 0 Å². The molecule has 1 aliphatic rings. The lowest BCUT2D eigenvalue weighted by Crippen LogP contribution is -2.36. The second-order valence-electron chi connectivity index (χ2n) is 5.06. The second-order valence-corrected chi connectivity index (χ2v) is 5.06. The third-order valence-electron chi connectivity index (χ3n) is 3.64. The summed E-state index contributed by atoms with van der Waals surface area (Å²) in [5.74, 6) is 0.737. The van der Waals surface area contributed by atoms with Gasteiger partial charge in [0.25, 0.3) is 0 Å². The largest absolute Gasteiger partial charge is 0.497 e. The zero-order valence-electron chi connectivity index (χ0n) is 12.0. The SMILES string of the molecule is COc1ccc([C@@H](C)NC(=O)C2CCC(CN)O2)cc1. The lowest BCUT2D eigenvalue weighted by molar-refractivity contribution is -0.132. The van der Waals surface area contributed by atoms with Gasteiger partial charge in [-0.05, 0) is 37.5 Å². The molecule has 1 saturated heterocycles. The standard InChI is InChI=1S/C15H22N2O3/c1-10(11-3-5-12(19-2)6-4-11)17-15(18)14-8-7-13(9-16)20-14/h3-6,10,13-14H,7-9,16H2,1-2H3,(H,17,18)/t10-,13?,14?/m1/s1. The van der Waals surface area contributed by atoms with Crippen molar-refractivity contribution in [1.29, 1.82) is 0 Å². The molecular weight excluding hydrogens is 256 g/mol. The Labute approximate surface area is 119 Å². The fraction of sp³-hybridized carbons (Fsp3) is 0.533. The Kier molecular flexibility index (Phi) is 4.98. The van der Waals surface area contributed by atoms with Crippen LogP contribution in [0.15, 0.2) is 24.3 Å². The zero-order valence-corrected chi connectivity index (χ0v) is 12.0. The van der Waals surface area contributed by atoms with E-state index in [1.165, 1.54) is 0 Å². The van der Waals surface area contributed by atoms with Gasteiger partial charge < -0.3 is 20.5 Å². The van der Waals surface area contributed by atoms with Crippen molar-refractivity contribution in [1.82, 2.24) is 5.32 Å². The number of rotatable bonds is 5. The normalized spacial score (nSPS) is 23.4. The lowest BCUT2D eigenvalue weighted by Gasteiger charge is -2.18. The Hall–Kier alpha value is -1.59. The van der Waals surface area contributed by atoms with Crippen LogP contribution in [0.3, 0.4) is 0 Å². The number of carbonyl (C=O) groups excluding carboxylic acids is 1. The van der Waals surface area contributed by atoms with Crippen molar-refractivity contribution in [2.24, 2.45) is 5.73 Å². The Morgan fingerprint density at radius 2 is 2.15 bits per heavy atom. The Morgan fingerprint density at radius 1 is 1.45 bits per heavy atom. The molecule has 0 saturated carbocycles. The van der Waals surface area contributed by atoms with Crippen LogP contribution in [0.4, 0.5) is 0 Å². The van der Waals surface area contributed by atoms with Gasteiger partial charge in [0.15, 0.2) is 0 Å². The van der Waals surface area contributed by atoms with Gasteiger partial charge in [0.05, 0.1) is 19.3 Å². The highest BCUT2D eigenvalue weighted by atomic mass is 16.5. The van der Waals surface area contributed by atoms with Gasteiger partial charge in [0, 0.05) is 6.54 Å². The van der Waals surface area contributed by atoms with Gasteiger partial charge in [-0.25, -0.2) is 0 Å². The van der Waals surface area contributed by atoms with Crippen molar-refractivity contribution in [3.63, 3.8) is 0 Å². The molecule has 1 amide bonds. The number of carbonyl (C=O) groups is 1. The van der Waals surface area contributed by atoms with Gasteiger partial charge in [0.1, 0.15) is 11.9 Å². The van der Waals surface area contributed by atoms with Crippen LogP contribution in [0, 0.1) is 0 Å². The summed E-state index contributed by atoms with van der Waals surface area (Å²) in [7, 11) is 1.63. The predicted molar refractivity (Wildman–Crippen MR) is 76.5 cm³/mol. The average Bonchev–Trinajstić information content (AvgIpc) is 2.96. The number of nitrogens with two attached hydrogens (primary N) is 1. The maximum Gasteiger partial charge on any atom is 0.249 e. The van der Waals surface area contributed by atoms with Crippen LogP contribution in [0.5, 0.6) is 5.75 Å². The fourth-order valence-electron chi connectivity index (χ4n) is 2.35. The maximum absolute atomic E-state index is 12.1. The predicted octanol–water partition coefficient (Wildman–Crippen LogP) is 1.38. The van der Waals surface area contributed by atoms with Crippen LogP contribution < -0.4 is 15.8 Å². The number of methoxy groups -OCH3 is 1. The van der Waals surface area contributed by atoms with Crippen molar-refractivity contribution in [2.45, 2.75) is 38.0 Å². The lowest BCUT2D eigenvalue weighted by atomic mass is 10.1. The third kappa shape index (κ3) is 3.49. The van der Waals surface area contributed by atoms with E-state index < -0.39 is 0 Å². The minimum absolute atomic E-state index is 0.0158. The summed E-state index contributed by atoms with van der Waals surface area (Å²) >= 11 is 0. The molecule has 0 aromatic heterocycles. The molecule has 3 atom stereocenters. The van der Waals surface area contributed by atoms with Crippen molar-refractivity contribution in [3.8, 4) is 5.75 Å². The molecule has 1 fully saturated rings. The highest BCUT2D eigenvalue weighted by Gasteiger charge is 2.30. The van der Waals surface area contributed by atoms with E-state index in [9.17, 15) is 4.79 Å². The smallest absolute Gasteiger partial charge is 0.249 e. The summed E-state index contributed by atoms with van der Waals surface area (Å²) in [6, 6.07) is 7.60. The Bertz CT molecular complexity index is 447. The van der Waals surface area contributed by atoms with Crippen LogP contribution in [0.1, 0.15) is 31.4 Å². The van der Waals surface area contributed by atoms with Crippen LogP contribution in [-0.4, -0.2) is 31.8 Å². The molecule has 2 rings (SSSR count). The van der Waals surface area contributed by atoms with Crippen molar-refractivity contribution in [2.75, 3.05) is 13.7 Å². The molecule has 20 heavy (non-hydrogen) atoms. The molecule has 1 aromatic carbocycles. The van der Waals surface area contributed by atoms with E-state index in [0.29, 0.717) is 6.54 Å². The highest BCUT2D eigenvalue weighted by Crippen LogP contribution is 2.21. The Balaban J connectivity index is 1.90. The molecule has 0 aliphatic carbocycles. The first-order valence-corrected chi connectivity index (χ1v) is 6.94. The quantitative estimate of drug-likeness (QED) is 0.853. The van der Waals surface area contributed by atoms with E-state index in [-0.39, 0.29) is 24.2 Å². The van der Waals surface area contributed by atoms with Crippen LogP contribution in [-0.2, 0) is 9.53 Å². The van der Waals surface area contributed by atoms with E-state index in [2.05, 4.69) is 5.32 Å². The minimum Gasteiger partial charge on any atom is -0.497 e. The maximum atomic E-state index is 12.1. The average molecular weight is 278 g/mol.